The normalized spacial score (nSPS) is 11.0. The summed E-state index contributed by atoms with van der Waals surface area (Å²) in [4.78, 5) is 19.6. The number of rotatable bonds is 6. The van der Waals surface area contributed by atoms with Gasteiger partial charge in [0.2, 0.25) is 0 Å². The number of hydrogen-bond acceptors (Lipinski definition) is 5. The Morgan fingerprint density at radius 2 is 1.79 bits per heavy atom. The van der Waals surface area contributed by atoms with Crippen LogP contribution in [0.15, 0.2) is 79.0 Å². The van der Waals surface area contributed by atoms with Crippen LogP contribution in [0.1, 0.15) is 17.0 Å². The predicted octanol–water partition coefficient (Wildman–Crippen LogP) is 5.29. The highest BCUT2D eigenvalue weighted by atomic mass is 16.6. The molecule has 29 heavy (non-hydrogen) atoms. The Balaban J connectivity index is 1.59. The zero-order valence-corrected chi connectivity index (χ0v) is 15.4. The van der Waals surface area contributed by atoms with Crippen LogP contribution in [-0.4, -0.2) is 14.9 Å². The molecular weight excluding hydrogens is 366 g/mol. The van der Waals surface area contributed by atoms with Crippen LogP contribution in [0.25, 0.3) is 23.1 Å². The first kappa shape index (κ1) is 18.3. The predicted molar refractivity (Wildman–Crippen MR) is 112 cm³/mol. The van der Waals surface area contributed by atoms with E-state index < -0.39 is 4.92 Å². The maximum atomic E-state index is 11.3. The highest BCUT2D eigenvalue weighted by Gasteiger charge is 2.12. The van der Waals surface area contributed by atoms with Gasteiger partial charge in [-0.15, -0.1) is 0 Å². The number of ether oxygens (including phenoxy) is 1. The van der Waals surface area contributed by atoms with Gasteiger partial charge in [-0.2, -0.15) is 0 Å². The molecule has 0 saturated heterocycles. The van der Waals surface area contributed by atoms with Crippen LogP contribution in [0.2, 0.25) is 0 Å². The van der Waals surface area contributed by atoms with Crippen molar-refractivity contribution in [3.05, 3.63) is 106 Å². The summed E-state index contributed by atoms with van der Waals surface area (Å²) >= 11 is 0. The van der Waals surface area contributed by atoms with Crippen molar-refractivity contribution in [3.63, 3.8) is 0 Å². The molecule has 142 valence electrons. The summed E-state index contributed by atoms with van der Waals surface area (Å²) in [6.45, 7) is 0.367. The van der Waals surface area contributed by atoms with E-state index in [4.69, 9.17) is 4.74 Å². The van der Waals surface area contributed by atoms with Gasteiger partial charge in [0.05, 0.1) is 16.3 Å². The summed E-state index contributed by atoms with van der Waals surface area (Å²) in [5.74, 6) is 0.723. The molecule has 4 aromatic rings. The molecule has 0 N–H and O–H groups in total. The summed E-state index contributed by atoms with van der Waals surface area (Å²) in [6, 6.07) is 21.9. The quantitative estimate of drug-likeness (QED) is 0.334. The smallest absolute Gasteiger partial charge is 0.295 e. The van der Waals surface area contributed by atoms with E-state index >= 15 is 0 Å². The van der Waals surface area contributed by atoms with Gasteiger partial charge in [0.1, 0.15) is 17.9 Å². The molecule has 6 nitrogen and oxygen atoms in total. The van der Waals surface area contributed by atoms with E-state index in [1.165, 1.54) is 6.07 Å². The highest BCUT2D eigenvalue weighted by molar-refractivity contribution is 5.88. The summed E-state index contributed by atoms with van der Waals surface area (Å²) in [5, 5.41) is 12.0. The van der Waals surface area contributed by atoms with E-state index in [-0.39, 0.29) is 5.69 Å². The third-order valence-electron chi connectivity index (χ3n) is 4.37. The molecule has 0 bridgehead atoms. The molecule has 2 aromatic carbocycles. The summed E-state index contributed by atoms with van der Waals surface area (Å²) in [6.07, 6.45) is 5.44. The molecule has 4 rings (SSSR count). The SMILES string of the molecule is O=[N+]([O-])c1cccc2ccc(/C=C/c3ccccc3OCc3ccccn3)nc12. The lowest BCUT2D eigenvalue weighted by molar-refractivity contribution is -0.383. The van der Waals surface area contributed by atoms with Crippen LogP contribution in [0.3, 0.4) is 0 Å². The maximum Gasteiger partial charge on any atom is 0.295 e. The monoisotopic (exact) mass is 383 g/mol. The van der Waals surface area contributed by atoms with Crippen LogP contribution < -0.4 is 4.74 Å². The maximum absolute atomic E-state index is 11.3. The lowest BCUT2D eigenvalue weighted by Gasteiger charge is -2.08. The Bertz CT molecular complexity index is 1190. The van der Waals surface area contributed by atoms with Gasteiger partial charge in [0, 0.05) is 23.2 Å². The van der Waals surface area contributed by atoms with E-state index in [2.05, 4.69) is 9.97 Å². The summed E-state index contributed by atoms with van der Waals surface area (Å²) < 4.78 is 5.91. The third-order valence-corrected chi connectivity index (χ3v) is 4.37. The van der Waals surface area contributed by atoms with Gasteiger partial charge >= 0.3 is 0 Å². The van der Waals surface area contributed by atoms with Crippen molar-refractivity contribution in [1.82, 2.24) is 9.97 Å². The zero-order valence-electron chi connectivity index (χ0n) is 15.4. The summed E-state index contributed by atoms with van der Waals surface area (Å²) in [7, 11) is 0. The average molecular weight is 383 g/mol. The zero-order chi connectivity index (χ0) is 20.1. The van der Waals surface area contributed by atoms with E-state index in [1.807, 2.05) is 72.8 Å². The van der Waals surface area contributed by atoms with Crippen LogP contribution >= 0.6 is 0 Å². The van der Waals surface area contributed by atoms with Crippen LogP contribution in [0.4, 0.5) is 5.69 Å². The van der Waals surface area contributed by atoms with E-state index in [0.717, 1.165) is 22.4 Å². The fourth-order valence-electron chi connectivity index (χ4n) is 2.95. The minimum absolute atomic E-state index is 0.00292. The van der Waals surface area contributed by atoms with Crippen molar-refractivity contribution in [3.8, 4) is 5.75 Å². The van der Waals surface area contributed by atoms with Gasteiger partial charge in [-0.25, -0.2) is 4.98 Å². The van der Waals surface area contributed by atoms with E-state index in [0.29, 0.717) is 17.8 Å². The number of fused-ring (bicyclic) bond motifs is 1. The Labute approximate surface area is 167 Å². The van der Waals surface area contributed by atoms with Gasteiger partial charge in [-0.3, -0.25) is 15.1 Å². The first-order valence-electron chi connectivity index (χ1n) is 9.05. The van der Waals surface area contributed by atoms with Crippen molar-refractivity contribution in [1.29, 1.82) is 0 Å². The molecule has 2 heterocycles. The molecule has 0 spiro atoms. The Morgan fingerprint density at radius 3 is 2.62 bits per heavy atom. The molecule has 6 heteroatoms. The molecule has 0 fully saturated rings. The highest BCUT2D eigenvalue weighted by Crippen LogP contribution is 2.25. The fourth-order valence-corrected chi connectivity index (χ4v) is 2.95. The molecule has 0 aliphatic rings. The van der Waals surface area contributed by atoms with E-state index in [1.54, 1.807) is 12.3 Å². The number of benzene rings is 2. The van der Waals surface area contributed by atoms with Gasteiger partial charge in [0.25, 0.3) is 5.69 Å². The molecule has 0 radical (unpaired) electrons. The number of para-hydroxylation sites is 2. The number of hydrogen-bond donors (Lipinski definition) is 0. The molecule has 0 amide bonds. The standard InChI is InChI=1S/C23H17N3O3/c27-26(28)21-9-5-7-18-12-14-19(25-23(18)21)13-11-17-6-1-2-10-22(17)29-16-20-8-3-4-15-24-20/h1-15H,16H2/b13-11+. The van der Waals surface area contributed by atoms with E-state index in [9.17, 15) is 10.1 Å². The second-order valence-electron chi connectivity index (χ2n) is 6.32. The molecular formula is C23H17N3O3. The lowest BCUT2D eigenvalue weighted by atomic mass is 10.1. The molecule has 2 aromatic heterocycles. The number of nitrogens with zero attached hydrogens (tertiary/aromatic N) is 3. The van der Waals surface area contributed by atoms with Crippen LogP contribution in [0, 0.1) is 10.1 Å². The largest absolute Gasteiger partial charge is 0.487 e. The number of aromatic nitrogens is 2. The third kappa shape index (κ3) is 4.27. The molecule has 0 aliphatic heterocycles. The van der Waals surface area contributed by atoms with Crippen molar-refractivity contribution in [2.45, 2.75) is 6.61 Å². The number of nitro groups is 1. The van der Waals surface area contributed by atoms with Crippen LogP contribution in [0.5, 0.6) is 5.75 Å². The summed E-state index contributed by atoms with van der Waals surface area (Å²) in [5.41, 5.74) is 2.73. The molecule has 0 unspecified atom stereocenters. The van der Waals surface area contributed by atoms with Crippen molar-refractivity contribution in [2.24, 2.45) is 0 Å². The molecule has 0 atom stereocenters. The van der Waals surface area contributed by atoms with Crippen LogP contribution in [-0.2, 0) is 6.61 Å². The van der Waals surface area contributed by atoms with Gasteiger partial charge in [-0.1, -0.05) is 42.5 Å². The lowest BCUT2D eigenvalue weighted by Crippen LogP contribution is -1.98. The Kier molecular flexibility index (Phi) is 5.25. The van der Waals surface area contributed by atoms with Gasteiger partial charge < -0.3 is 4.74 Å². The minimum atomic E-state index is -0.413. The van der Waals surface area contributed by atoms with Gasteiger partial charge in [-0.05, 0) is 36.4 Å². The Morgan fingerprint density at radius 1 is 0.931 bits per heavy atom. The second-order valence-corrected chi connectivity index (χ2v) is 6.32. The minimum Gasteiger partial charge on any atom is -0.487 e. The van der Waals surface area contributed by atoms with Crippen molar-refractivity contribution < 1.29 is 9.66 Å². The Hall–Kier alpha value is -4.06. The number of non-ortho nitro benzene ring substituents is 1. The first-order chi connectivity index (χ1) is 14.2. The van der Waals surface area contributed by atoms with Crippen molar-refractivity contribution in [2.75, 3.05) is 0 Å². The average Bonchev–Trinajstić information content (AvgIpc) is 2.77. The second kappa shape index (κ2) is 8.31. The van der Waals surface area contributed by atoms with Gasteiger partial charge in [0.15, 0.2) is 0 Å². The van der Waals surface area contributed by atoms with Crippen molar-refractivity contribution >= 4 is 28.7 Å². The number of nitro benzene ring substituents is 1. The molecule has 0 aliphatic carbocycles. The first-order valence-corrected chi connectivity index (χ1v) is 9.05. The fraction of sp³-hybridized carbons (Fsp3) is 0.0435. The topological polar surface area (TPSA) is 78.2 Å². The number of pyridine rings is 2. The molecule has 0 saturated carbocycles.